The molecule has 4 aromatic rings. The minimum atomic E-state index is -0.0676. The van der Waals surface area contributed by atoms with Crippen molar-refractivity contribution in [3.8, 4) is 11.4 Å². The summed E-state index contributed by atoms with van der Waals surface area (Å²) < 4.78 is 4.22. The second kappa shape index (κ2) is 8.34. The van der Waals surface area contributed by atoms with Gasteiger partial charge in [-0.1, -0.05) is 25.5 Å². The highest BCUT2D eigenvalue weighted by Gasteiger charge is 2.16. The van der Waals surface area contributed by atoms with Crippen LogP contribution < -0.4 is 5.32 Å². The topological polar surface area (TPSA) is 77.6 Å². The number of aromatic nitrogens is 5. The Kier molecular flexibility index (Phi) is 5.24. The van der Waals surface area contributed by atoms with Gasteiger partial charge in [-0.15, -0.1) is 10.2 Å². The van der Waals surface area contributed by atoms with Crippen molar-refractivity contribution >= 4 is 22.6 Å². The van der Waals surface area contributed by atoms with Crippen LogP contribution in [0.15, 0.2) is 48.5 Å². The highest BCUT2D eigenvalue weighted by molar-refractivity contribution is 5.92. The summed E-state index contributed by atoms with van der Waals surface area (Å²) >= 11 is 0. The normalized spacial score (nSPS) is 13.7. The van der Waals surface area contributed by atoms with Gasteiger partial charge in [0.15, 0.2) is 5.82 Å². The lowest BCUT2D eigenvalue weighted by molar-refractivity contribution is -0.116. The van der Waals surface area contributed by atoms with Crippen LogP contribution >= 0.6 is 0 Å². The summed E-state index contributed by atoms with van der Waals surface area (Å²) in [6.07, 6.45) is 5.34. The van der Waals surface area contributed by atoms with E-state index in [1.807, 2.05) is 53.1 Å². The van der Waals surface area contributed by atoms with E-state index in [-0.39, 0.29) is 12.5 Å². The van der Waals surface area contributed by atoms with Crippen molar-refractivity contribution in [2.45, 2.75) is 52.1 Å². The quantitative estimate of drug-likeness (QED) is 0.530. The number of nitrogens with one attached hydrogen (secondary N) is 1. The zero-order chi connectivity index (χ0) is 21.2. The Bertz CT molecular complexity index is 1220. The van der Waals surface area contributed by atoms with Crippen molar-refractivity contribution in [1.82, 2.24) is 24.3 Å². The Labute approximate surface area is 181 Å². The number of para-hydroxylation sites is 2. The van der Waals surface area contributed by atoms with Gasteiger partial charge < -0.3 is 14.5 Å². The van der Waals surface area contributed by atoms with Crippen molar-refractivity contribution in [2.24, 2.45) is 0 Å². The average molecular weight is 415 g/mol. The number of amides is 1. The average Bonchev–Trinajstić information content (AvgIpc) is 3.27. The van der Waals surface area contributed by atoms with Crippen molar-refractivity contribution in [3.63, 3.8) is 0 Å². The van der Waals surface area contributed by atoms with E-state index in [4.69, 9.17) is 0 Å². The second-order valence-corrected chi connectivity index (χ2v) is 7.98. The van der Waals surface area contributed by atoms with E-state index in [1.54, 1.807) is 0 Å². The van der Waals surface area contributed by atoms with Gasteiger partial charge in [-0.2, -0.15) is 0 Å². The molecular weight excluding hydrogens is 388 g/mol. The molecule has 31 heavy (non-hydrogen) atoms. The third-order valence-electron chi connectivity index (χ3n) is 5.89. The standard InChI is InChI=1S/C24H26N6O/c1-2-21-26-19-8-5-6-9-20(19)30(21)16-23(31)25-18-13-11-17(12-14-18)24-28-27-22-10-4-3-7-15-29(22)24/h5-6,8-9,11-14H,2-4,7,10,15-16H2,1H3,(H,25,31). The van der Waals surface area contributed by atoms with Crippen LogP contribution in [0.1, 0.15) is 37.8 Å². The first-order chi connectivity index (χ1) is 15.2. The number of hydrogen-bond acceptors (Lipinski definition) is 4. The lowest BCUT2D eigenvalue weighted by Crippen LogP contribution is -2.20. The highest BCUT2D eigenvalue weighted by Crippen LogP contribution is 2.24. The van der Waals surface area contributed by atoms with E-state index in [0.29, 0.717) is 0 Å². The molecule has 0 unspecified atom stereocenters. The molecular formula is C24H26N6O. The molecule has 0 bridgehead atoms. The fraction of sp³-hybridized carbons (Fsp3) is 0.333. The van der Waals surface area contributed by atoms with Crippen molar-refractivity contribution in [1.29, 1.82) is 0 Å². The molecule has 3 heterocycles. The van der Waals surface area contributed by atoms with E-state index >= 15 is 0 Å². The van der Waals surface area contributed by atoms with Crippen molar-refractivity contribution < 1.29 is 4.79 Å². The fourth-order valence-corrected chi connectivity index (χ4v) is 4.32. The molecule has 1 aliphatic heterocycles. The Balaban J connectivity index is 1.32. The highest BCUT2D eigenvalue weighted by atomic mass is 16.1. The van der Waals surface area contributed by atoms with Gasteiger partial charge in [0.1, 0.15) is 18.2 Å². The zero-order valence-corrected chi connectivity index (χ0v) is 17.7. The third-order valence-corrected chi connectivity index (χ3v) is 5.89. The van der Waals surface area contributed by atoms with Crippen LogP contribution in [0.5, 0.6) is 0 Å². The third kappa shape index (κ3) is 3.83. The van der Waals surface area contributed by atoms with Crippen molar-refractivity contribution in [2.75, 3.05) is 5.32 Å². The molecule has 5 rings (SSSR count). The number of aryl methyl sites for hydroxylation is 2. The van der Waals surface area contributed by atoms with Gasteiger partial charge in [-0.3, -0.25) is 4.79 Å². The summed E-state index contributed by atoms with van der Waals surface area (Å²) in [5, 5.41) is 11.8. The number of imidazole rings is 1. The van der Waals surface area contributed by atoms with Gasteiger partial charge in [-0.25, -0.2) is 4.98 Å². The molecule has 0 saturated heterocycles. The Morgan fingerprint density at radius 1 is 1.03 bits per heavy atom. The molecule has 0 spiro atoms. The summed E-state index contributed by atoms with van der Waals surface area (Å²) in [7, 11) is 0. The van der Waals surface area contributed by atoms with Gasteiger partial charge in [0, 0.05) is 30.6 Å². The molecule has 0 aliphatic carbocycles. The van der Waals surface area contributed by atoms with Crippen LogP contribution in [0.2, 0.25) is 0 Å². The lowest BCUT2D eigenvalue weighted by Gasteiger charge is -2.10. The molecule has 7 heteroatoms. The molecule has 7 nitrogen and oxygen atoms in total. The lowest BCUT2D eigenvalue weighted by atomic mass is 10.2. The summed E-state index contributed by atoms with van der Waals surface area (Å²) in [6, 6.07) is 15.8. The van der Waals surface area contributed by atoms with Gasteiger partial charge in [0.2, 0.25) is 5.91 Å². The number of nitrogens with zero attached hydrogens (tertiary/aromatic N) is 5. The van der Waals surface area contributed by atoms with Gasteiger partial charge in [0.25, 0.3) is 0 Å². The number of carbonyl (C=O) groups excluding carboxylic acids is 1. The van der Waals surface area contributed by atoms with Crippen LogP contribution in [0, 0.1) is 0 Å². The maximum Gasteiger partial charge on any atom is 0.244 e. The van der Waals surface area contributed by atoms with Crippen LogP contribution in [0.3, 0.4) is 0 Å². The molecule has 0 fully saturated rings. The largest absolute Gasteiger partial charge is 0.325 e. The Morgan fingerprint density at radius 3 is 2.71 bits per heavy atom. The molecule has 2 aromatic heterocycles. The number of anilines is 1. The maximum absolute atomic E-state index is 12.7. The number of benzene rings is 2. The van der Waals surface area contributed by atoms with E-state index in [0.717, 1.165) is 65.6 Å². The monoisotopic (exact) mass is 414 g/mol. The van der Waals surface area contributed by atoms with Crippen LogP contribution in [-0.4, -0.2) is 30.2 Å². The minimum Gasteiger partial charge on any atom is -0.325 e. The molecule has 0 atom stereocenters. The Hall–Kier alpha value is -3.48. The molecule has 0 radical (unpaired) electrons. The molecule has 2 aromatic carbocycles. The molecule has 1 N–H and O–H groups in total. The van der Waals surface area contributed by atoms with Crippen LogP contribution in [0.4, 0.5) is 5.69 Å². The smallest absolute Gasteiger partial charge is 0.244 e. The summed E-state index contributed by atoms with van der Waals surface area (Å²) in [5.74, 6) is 2.83. The number of carbonyl (C=O) groups is 1. The summed E-state index contributed by atoms with van der Waals surface area (Å²) in [4.78, 5) is 17.4. The maximum atomic E-state index is 12.7. The first kappa shape index (κ1) is 19.5. The van der Waals surface area contributed by atoms with E-state index in [9.17, 15) is 4.79 Å². The number of fused-ring (bicyclic) bond motifs is 2. The Morgan fingerprint density at radius 2 is 1.87 bits per heavy atom. The van der Waals surface area contributed by atoms with E-state index in [2.05, 4.69) is 32.0 Å². The molecule has 1 amide bonds. The first-order valence-electron chi connectivity index (χ1n) is 11.0. The second-order valence-electron chi connectivity index (χ2n) is 7.98. The number of hydrogen-bond donors (Lipinski definition) is 1. The van der Waals surface area contributed by atoms with Crippen LogP contribution in [-0.2, 0) is 30.7 Å². The van der Waals surface area contributed by atoms with Gasteiger partial charge in [0.05, 0.1) is 11.0 Å². The predicted octanol–water partition coefficient (Wildman–Crippen LogP) is 4.22. The van der Waals surface area contributed by atoms with Crippen molar-refractivity contribution in [3.05, 3.63) is 60.2 Å². The summed E-state index contributed by atoms with van der Waals surface area (Å²) in [5.41, 5.74) is 3.70. The first-order valence-corrected chi connectivity index (χ1v) is 11.0. The van der Waals surface area contributed by atoms with E-state index < -0.39 is 0 Å². The zero-order valence-electron chi connectivity index (χ0n) is 17.7. The predicted molar refractivity (Wildman–Crippen MR) is 121 cm³/mol. The van der Waals surface area contributed by atoms with Gasteiger partial charge in [-0.05, 0) is 49.2 Å². The van der Waals surface area contributed by atoms with E-state index in [1.165, 1.54) is 12.8 Å². The molecule has 0 saturated carbocycles. The minimum absolute atomic E-state index is 0.0676. The summed E-state index contributed by atoms with van der Waals surface area (Å²) in [6.45, 7) is 3.26. The molecule has 1 aliphatic rings. The fourth-order valence-electron chi connectivity index (χ4n) is 4.32. The van der Waals surface area contributed by atoms with Crippen LogP contribution in [0.25, 0.3) is 22.4 Å². The number of rotatable bonds is 5. The SMILES string of the molecule is CCc1nc2ccccc2n1CC(=O)Nc1ccc(-c2nnc3n2CCCCC3)cc1. The molecule has 158 valence electrons. The van der Waals surface area contributed by atoms with Gasteiger partial charge >= 0.3 is 0 Å².